The van der Waals surface area contributed by atoms with Gasteiger partial charge in [0.2, 0.25) is 0 Å². The molecule has 4 bridgehead atoms. The minimum atomic E-state index is -3.98. The zero-order chi connectivity index (χ0) is 13.7. The first-order valence-corrected chi connectivity index (χ1v) is 9.14. The first-order chi connectivity index (χ1) is 8.90. The molecule has 1 unspecified atom stereocenters. The van der Waals surface area contributed by atoms with Crippen molar-refractivity contribution in [1.29, 1.82) is 0 Å². The number of hydrogen-bond donors (Lipinski definition) is 2. The average Bonchev–Trinajstić information content (AvgIpc) is 2.24. The minimum Gasteiger partial charge on any atom is -0.294 e. The van der Waals surface area contributed by atoms with Crippen LogP contribution in [0.25, 0.3) is 0 Å². The highest BCUT2D eigenvalue weighted by Gasteiger charge is 2.52. The van der Waals surface area contributed by atoms with Gasteiger partial charge in [0.05, 0.1) is 0 Å². The van der Waals surface area contributed by atoms with Crippen LogP contribution >= 0.6 is 0 Å². The monoisotopic (exact) mass is 287 g/mol. The molecule has 4 rings (SSSR count). The summed E-state index contributed by atoms with van der Waals surface area (Å²) in [5, 5.41) is 2.59. The van der Waals surface area contributed by atoms with Gasteiger partial charge >= 0.3 is 0 Å². The second kappa shape index (κ2) is 4.71. The maximum Gasteiger partial charge on any atom is 0.281 e. The fourth-order valence-corrected chi connectivity index (χ4v) is 6.12. The summed E-state index contributed by atoms with van der Waals surface area (Å²) in [6, 6.07) is 0. The third kappa shape index (κ3) is 2.69. The Morgan fingerprint density at radius 1 is 1.16 bits per heavy atom. The van der Waals surface area contributed by atoms with Crippen molar-refractivity contribution in [2.24, 2.45) is 17.8 Å². The fraction of sp³-hybridized carbons (Fsp3) is 1.00. The zero-order valence-corrected chi connectivity index (χ0v) is 12.5. The van der Waals surface area contributed by atoms with Crippen LogP contribution in [0.2, 0.25) is 0 Å². The van der Waals surface area contributed by atoms with E-state index in [2.05, 4.69) is 5.32 Å². The lowest BCUT2D eigenvalue weighted by Crippen LogP contribution is -2.61. The lowest BCUT2D eigenvalue weighted by atomic mass is 9.53. The van der Waals surface area contributed by atoms with Crippen LogP contribution in [0.5, 0.6) is 0 Å². The Morgan fingerprint density at radius 3 is 2.00 bits per heavy atom. The maximum absolute atomic E-state index is 11.5. The highest BCUT2D eigenvalue weighted by molar-refractivity contribution is 7.86. The molecule has 0 aromatic rings. The molecule has 1 atom stereocenters. The number of rotatable bonds is 5. The Morgan fingerprint density at radius 2 is 1.63 bits per heavy atom. The van der Waals surface area contributed by atoms with E-state index in [0.717, 1.165) is 43.4 Å². The summed E-state index contributed by atoms with van der Waals surface area (Å²) in [7, 11) is -3.98. The molecule has 0 amide bonds. The molecule has 2 N–H and O–H groups in total. The molecule has 0 heterocycles. The molecule has 0 aliphatic heterocycles. The van der Waals surface area contributed by atoms with Crippen molar-refractivity contribution < 1.29 is 13.0 Å². The largest absolute Gasteiger partial charge is 0.294 e. The molecule has 4 aliphatic rings. The van der Waals surface area contributed by atoms with E-state index in [0.29, 0.717) is 6.42 Å². The van der Waals surface area contributed by atoms with Gasteiger partial charge in [-0.2, -0.15) is 8.42 Å². The van der Waals surface area contributed by atoms with Crippen LogP contribution in [-0.4, -0.2) is 23.9 Å². The van der Waals surface area contributed by atoms with E-state index >= 15 is 0 Å². The van der Waals surface area contributed by atoms with E-state index in [-0.39, 0.29) is 5.54 Å². The minimum absolute atomic E-state index is 0.00954. The fourth-order valence-electron chi connectivity index (χ4n) is 5.19. The summed E-state index contributed by atoms with van der Waals surface area (Å²) in [5.74, 6) is 2.34. The van der Waals surface area contributed by atoms with Crippen LogP contribution in [0.15, 0.2) is 0 Å². The van der Waals surface area contributed by atoms with Gasteiger partial charge in [0.25, 0.3) is 10.1 Å². The summed E-state index contributed by atoms with van der Waals surface area (Å²) in [6.07, 6.45) is 8.60. The van der Waals surface area contributed by atoms with E-state index in [9.17, 15) is 13.0 Å². The predicted octanol–water partition coefficient (Wildman–Crippen LogP) is 2.56. The van der Waals surface area contributed by atoms with E-state index < -0.39 is 15.5 Å². The van der Waals surface area contributed by atoms with Gasteiger partial charge in [-0.15, -0.1) is 0 Å². The van der Waals surface area contributed by atoms with E-state index in [4.69, 9.17) is 0 Å². The molecule has 4 nitrogen and oxygen atoms in total. The quantitative estimate of drug-likeness (QED) is 0.763. The molecule has 0 saturated heterocycles. The van der Waals surface area contributed by atoms with Crippen LogP contribution in [0.1, 0.15) is 58.3 Å². The lowest BCUT2D eigenvalue weighted by molar-refractivity contribution is -0.0220. The van der Waals surface area contributed by atoms with Crippen LogP contribution in [0.4, 0.5) is 0 Å². The summed E-state index contributed by atoms with van der Waals surface area (Å²) >= 11 is 0. The molecule has 19 heavy (non-hydrogen) atoms. The lowest BCUT2D eigenvalue weighted by Gasteiger charge is -2.57. The van der Waals surface area contributed by atoms with E-state index in [1.54, 1.807) is 0 Å². The molecular weight excluding hydrogens is 262 g/mol. The first-order valence-electron chi connectivity index (χ1n) is 7.64. The highest BCUT2D eigenvalue weighted by Crippen LogP contribution is 2.55. The molecule has 0 spiro atoms. The number of nitrogens with one attached hydrogen (secondary N) is 1. The predicted molar refractivity (Wildman–Crippen MR) is 74.3 cm³/mol. The van der Waals surface area contributed by atoms with Gasteiger partial charge in [-0.25, -0.2) is 0 Å². The highest BCUT2D eigenvalue weighted by atomic mass is 32.2. The van der Waals surface area contributed by atoms with Crippen LogP contribution in [0.3, 0.4) is 0 Å². The Bertz CT molecular complexity index is 410. The molecule has 4 fully saturated rings. The number of hydrogen-bond acceptors (Lipinski definition) is 3. The third-order valence-electron chi connectivity index (χ3n) is 5.42. The zero-order valence-electron chi connectivity index (χ0n) is 11.6. The third-order valence-corrected chi connectivity index (χ3v) is 6.49. The second-order valence-corrected chi connectivity index (χ2v) is 8.73. The van der Waals surface area contributed by atoms with Gasteiger partial charge in [-0.05, 0) is 62.7 Å². The van der Waals surface area contributed by atoms with Crippen LogP contribution < -0.4 is 5.32 Å². The van der Waals surface area contributed by atoms with Gasteiger partial charge in [-0.1, -0.05) is 13.3 Å². The summed E-state index contributed by atoms with van der Waals surface area (Å²) < 4.78 is 32.5. The van der Waals surface area contributed by atoms with Gasteiger partial charge in [0, 0.05) is 5.54 Å². The normalized spacial score (nSPS) is 42.5. The SMILES string of the molecule is CCCC(NC12CC3CC(CC(C3)C1)C2)S(=O)(=O)O. The van der Waals surface area contributed by atoms with Gasteiger partial charge in [-0.3, -0.25) is 9.87 Å². The molecular formula is C14H25NO3S. The van der Waals surface area contributed by atoms with Crippen molar-refractivity contribution in [2.75, 3.05) is 0 Å². The molecule has 4 saturated carbocycles. The van der Waals surface area contributed by atoms with Gasteiger partial charge < -0.3 is 0 Å². The Kier molecular flexibility index (Phi) is 3.43. The van der Waals surface area contributed by atoms with Crippen molar-refractivity contribution in [3.8, 4) is 0 Å². The average molecular weight is 287 g/mol. The molecule has 4 aliphatic carbocycles. The summed E-state index contributed by atoms with van der Waals surface area (Å²) in [4.78, 5) is 0. The van der Waals surface area contributed by atoms with Crippen molar-refractivity contribution in [3.63, 3.8) is 0 Å². The molecule has 0 aromatic carbocycles. The van der Waals surface area contributed by atoms with Crippen LogP contribution in [-0.2, 0) is 10.1 Å². The van der Waals surface area contributed by atoms with E-state index in [1.165, 1.54) is 19.3 Å². The Balaban J connectivity index is 1.78. The Labute approximate surface area is 116 Å². The molecule has 0 radical (unpaired) electrons. The Hall–Kier alpha value is -0.130. The van der Waals surface area contributed by atoms with Crippen molar-refractivity contribution in [2.45, 2.75) is 69.2 Å². The van der Waals surface area contributed by atoms with Crippen LogP contribution in [0, 0.1) is 17.8 Å². The molecule has 110 valence electrons. The maximum atomic E-state index is 11.5. The summed E-state index contributed by atoms with van der Waals surface area (Å²) in [6.45, 7) is 1.96. The topological polar surface area (TPSA) is 66.4 Å². The molecule has 0 aromatic heterocycles. The summed E-state index contributed by atoms with van der Waals surface area (Å²) in [5.41, 5.74) is -0.00954. The van der Waals surface area contributed by atoms with Crippen molar-refractivity contribution >= 4 is 10.1 Å². The van der Waals surface area contributed by atoms with Gasteiger partial charge in [0.1, 0.15) is 5.37 Å². The smallest absolute Gasteiger partial charge is 0.281 e. The first kappa shape index (κ1) is 13.8. The standard InChI is InChI=1S/C14H25NO3S/c1-2-3-13(19(16,17)18)15-14-7-10-4-11(8-14)6-12(5-10)9-14/h10-13,15H,2-9H2,1H3,(H,16,17,18). The van der Waals surface area contributed by atoms with Crippen molar-refractivity contribution in [1.82, 2.24) is 5.32 Å². The molecule has 5 heteroatoms. The van der Waals surface area contributed by atoms with E-state index in [1.807, 2.05) is 6.92 Å². The van der Waals surface area contributed by atoms with Gasteiger partial charge in [0.15, 0.2) is 0 Å². The second-order valence-electron chi connectivity index (χ2n) is 7.13. The van der Waals surface area contributed by atoms with Crippen molar-refractivity contribution in [3.05, 3.63) is 0 Å².